The predicted molar refractivity (Wildman–Crippen MR) is 65.5 cm³/mol. The lowest BCUT2D eigenvalue weighted by Crippen LogP contribution is -2.53. The van der Waals surface area contributed by atoms with E-state index in [1.165, 1.54) is 12.5 Å². The Morgan fingerprint density at radius 3 is 2.94 bits per heavy atom. The van der Waals surface area contributed by atoms with Crippen molar-refractivity contribution in [1.82, 2.24) is 0 Å². The van der Waals surface area contributed by atoms with E-state index < -0.39 is 0 Å². The standard InChI is InChI=1S/C14H22O3/c1-9-5-10(2)14(8-17-12(4)15)7-16-6-13(9)11(14)3/h5,10-11,13H,6-8H2,1-4H3/t10-,11+,13-,14-/m0/s1. The molecular weight excluding hydrogens is 216 g/mol. The third kappa shape index (κ3) is 2.01. The van der Waals surface area contributed by atoms with Gasteiger partial charge in [0.2, 0.25) is 0 Å². The van der Waals surface area contributed by atoms with Crippen LogP contribution in [0.3, 0.4) is 0 Å². The summed E-state index contributed by atoms with van der Waals surface area (Å²) >= 11 is 0. The highest BCUT2D eigenvalue weighted by Gasteiger charge is 2.50. The lowest BCUT2D eigenvalue weighted by atomic mass is 9.58. The molecule has 1 aliphatic carbocycles. The molecule has 0 aromatic carbocycles. The molecule has 96 valence electrons. The number of fused-ring (bicyclic) bond motifs is 2. The molecule has 0 saturated carbocycles. The number of ether oxygens (including phenoxy) is 2. The van der Waals surface area contributed by atoms with E-state index in [1.54, 1.807) is 0 Å². The Morgan fingerprint density at radius 2 is 2.29 bits per heavy atom. The van der Waals surface area contributed by atoms with Crippen molar-refractivity contribution in [2.24, 2.45) is 23.2 Å². The van der Waals surface area contributed by atoms with Crippen LogP contribution in [0.15, 0.2) is 11.6 Å². The molecule has 2 rings (SSSR count). The van der Waals surface area contributed by atoms with Gasteiger partial charge in [-0.1, -0.05) is 25.5 Å². The third-order valence-corrected chi connectivity index (χ3v) is 4.73. The summed E-state index contributed by atoms with van der Waals surface area (Å²) in [4.78, 5) is 11.0. The molecule has 4 atom stereocenters. The number of carbonyl (C=O) groups excluding carboxylic acids is 1. The molecule has 3 nitrogen and oxygen atoms in total. The van der Waals surface area contributed by atoms with Crippen LogP contribution in [-0.4, -0.2) is 25.8 Å². The topological polar surface area (TPSA) is 35.5 Å². The van der Waals surface area contributed by atoms with Crippen molar-refractivity contribution in [3.05, 3.63) is 11.6 Å². The Morgan fingerprint density at radius 1 is 1.59 bits per heavy atom. The zero-order valence-corrected chi connectivity index (χ0v) is 11.2. The zero-order valence-electron chi connectivity index (χ0n) is 11.2. The van der Waals surface area contributed by atoms with Crippen LogP contribution in [0.1, 0.15) is 27.7 Å². The highest BCUT2D eigenvalue weighted by Crippen LogP contribution is 2.50. The van der Waals surface area contributed by atoms with E-state index in [0.29, 0.717) is 31.0 Å². The van der Waals surface area contributed by atoms with Crippen LogP contribution in [-0.2, 0) is 14.3 Å². The van der Waals surface area contributed by atoms with Gasteiger partial charge in [-0.05, 0) is 18.8 Å². The average Bonchev–Trinajstić information content (AvgIpc) is 2.25. The van der Waals surface area contributed by atoms with Gasteiger partial charge >= 0.3 is 5.97 Å². The molecule has 17 heavy (non-hydrogen) atoms. The fourth-order valence-corrected chi connectivity index (χ4v) is 3.35. The molecule has 1 aliphatic heterocycles. The summed E-state index contributed by atoms with van der Waals surface area (Å²) in [5.41, 5.74) is 1.39. The summed E-state index contributed by atoms with van der Waals surface area (Å²) in [6, 6.07) is 0. The van der Waals surface area contributed by atoms with Crippen molar-refractivity contribution in [3.63, 3.8) is 0 Å². The number of esters is 1. The minimum Gasteiger partial charge on any atom is -0.465 e. The molecular formula is C14H22O3. The molecule has 0 aromatic heterocycles. The average molecular weight is 238 g/mol. The highest BCUT2D eigenvalue weighted by molar-refractivity contribution is 5.65. The monoisotopic (exact) mass is 238 g/mol. The number of carbonyl (C=O) groups is 1. The first-order valence-electron chi connectivity index (χ1n) is 6.37. The van der Waals surface area contributed by atoms with E-state index in [1.807, 2.05) is 0 Å². The third-order valence-electron chi connectivity index (χ3n) is 4.73. The number of hydrogen-bond donors (Lipinski definition) is 0. The summed E-state index contributed by atoms with van der Waals surface area (Å²) in [5, 5.41) is 0. The molecule has 0 N–H and O–H groups in total. The van der Waals surface area contributed by atoms with Crippen LogP contribution in [0.2, 0.25) is 0 Å². The van der Waals surface area contributed by atoms with Gasteiger partial charge in [-0.15, -0.1) is 0 Å². The SMILES string of the molecule is CC(=O)OC[C@@]12COC[C@@H](C(C)=C[C@@H]1C)[C@H]2C. The molecule has 2 bridgehead atoms. The molecule has 0 radical (unpaired) electrons. The lowest BCUT2D eigenvalue weighted by Gasteiger charge is -2.52. The summed E-state index contributed by atoms with van der Waals surface area (Å²) < 4.78 is 11.0. The van der Waals surface area contributed by atoms with Gasteiger partial charge in [-0.3, -0.25) is 4.79 Å². The lowest BCUT2D eigenvalue weighted by molar-refractivity contribution is -0.162. The second kappa shape index (κ2) is 4.45. The molecule has 2 aliphatic rings. The van der Waals surface area contributed by atoms with Gasteiger partial charge in [0.25, 0.3) is 0 Å². The van der Waals surface area contributed by atoms with Crippen molar-refractivity contribution in [2.75, 3.05) is 19.8 Å². The Labute approximate surface area is 103 Å². The van der Waals surface area contributed by atoms with Gasteiger partial charge in [0.05, 0.1) is 19.8 Å². The Hall–Kier alpha value is -0.830. The van der Waals surface area contributed by atoms with Crippen LogP contribution >= 0.6 is 0 Å². The van der Waals surface area contributed by atoms with Crippen molar-refractivity contribution in [1.29, 1.82) is 0 Å². The molecule has 3 heteroatoms. The van der Waals surface area contributed by atoms with E-state index in [2.05, 4.69) is 26.8 Å². The summed E-state index contributed by atoms with van der Waals surface area (Å²) in [5.74, 6) is 1.19. The first-order valence-corrected chi connectivity index (χ1v) is 6.37. The summed E-state index contributed by atoms with van der Waals surface area (Å²) in [7, 11) is 0. The van der Waals surface area contributed by atoms with Crippen LogP contribution in [0.25, 0.3) is 0 Å². The smallest absolute Gasteiger partial charge is 0.302 e. The van der Waals surface area contributed by atoms with Crippen molar-refractivity contribution in [2.45, 2.75) is 27.7 Å². The fourth-order valence-electron chi connectivity index (χ4n) is 3.35. The van der Waals surface area contributed by atoms with E-state index in [0.717, 1.165) is 6.61 Å². The fraction of sp³-hybridized carbons (Fsp3) is 0.786. The largest absolute Gasteiger partial charge is 0.465 e. The molecule has 1 fully saturated rings. The van der Waals surface area contributed by atoms with E-state index >= 15 is 0 Å². The van der Waals surface area contributed by atoms with Crippen LogP contribution < -0.4 is 0 Å². The van der Waals surface area contributed by atoms with Gasteiger partial charge in [0.15, 0.2) is 0 Å². The first-order chi connectivity index (χ1) is 7.97. The Kier molecular flexibility index (Phi) is 3.30. The quantitative estimate of drug-likeness (QED) is 0.547. The molecule has 1 heterocycles. The Bertz CT molecular complexity index is 347. The maximum Gasteiger partial charge on any atom is 0.302 e. The maximum absolute atomic E-state index is 11.0. The predicted octanol–water partition coefficient (Wildman–Crippen LogP) is 2.41. The van der Waals surface area contributed by atoms with Gasteiger partial charge in [-0.2, -0.15) is 0 Å². The second-order valence-corrected chi connectivity index (χ2v) is 5.62. The maximum atomic E-state index is 11.0. The van der Waals surface area contributed by atoms with Crippen molar-refractivity contribution < 1.29 is 14.3 Å². The number of allylic oxidation sites excluding steroid dienone is 1. The number of rotatable bonds is 2. The minimum atomic E-state index is -0.202. The van der Waals surface area contributed by atoms with Crippen LogP contribution in [0.5, 0.6) is 0 Å². The van der Waals surface area contributed by atoms with Gasteiger partial charge in [-0.25, -0.2) is 0 Å². The van der Waals surface area contributed by atoms with Gasteiger partial charge in [0.1, 0.15) is 0 Å². The molecule has 0 spiro atoms. The van der Waals surface area contributed by atoms with Gasteiger partial charge < -0.3 is 9.47 Å². The first kappa shape index (κ1) is 12.6. The van der Waals surface area contributed by atoms with Crippen LogP contribution in [0.4, 0.5) is 0 Å². The molecule has 0 aromatic rings. The van der Waals surface area contributed by atoms with Crippen molar-refractivity contribution >= 4 is 5.97 Å². The zero-order chi connectivity index (χ0) is 12.6. The number of hydrogen-bond acceptors (Lipinski definition) is 3. The van der Waals surface area contributed by atoms with E-state index in [-0.39, 0.29) is 11.4 Å². The summed E-state index contributed by atoms with van der Waals surface area (Å²) in [6.45, 7) is 10.1. The normalized spacial score (nSPS) is 40.7. The molecule has 0 amide bonds. The molecule has 1 saturated heterocycles. The van der Waals surface area contributed by atoms with Crippen molar-refractivity contribution in [3.8, 4) is 0 Å². The minimum absolute atomic E-state index is 0.0336. The highest BCUT2D eigenvalue weighted by atomic mass is 16.5. The van der Waals surface area contributed by atoms with E-state index in [9.17, 15) is 4.79 Å². The summed E-state index contributed by atoms with van der Waals surface area (Å²) in [6.07, 6.45) is 2.33. The molecule has 0 unspecified atom stereocenters. The van der Waals surface area contributed by atoms with Crippen LogP contribution in [0, 0.1) is 23.2 Å². The Balaban J connectivity index is 2.26. The van der Waals surface area contributed by atoms with Gasteiger partial charge in [0, 0.05) is 18.3 Å². The van der Waals surface area contributed by atoms with E-state index in [4.69, 9.17) is 9.47 Å². The second-order valence-electron chi connectivity index (χ2n) is 5.62.